The molecule has 2 aromatic rings. The normalized spacial score (nSPS) is 10.4. The van der Waals surface area contributed by atoms with Crippen LogP contribution in [0.3, 0.4) is 0 Å². The van der Waals surface area contributed by atoms with Gasteiger partial charge in [-0.05, 0) is 18.6 Å². The molecule has 0 fully saturated rings. The van der Waals surface area contributed by atoms with Gasteiger partial charge in [-0.3, -0.25) is 14.9 Å². The molecule has 10 heteroatoms. The standard InChI is InChI=1S/C17H19N3O7/c1-25-9-3-8-19(10-15-18-14(11-27-15)17(22)26-2)16(21)12-4-6-13(7-5-12)20(23)24/h4-7,11H,3,8-10H2,1-2H3. The summed E-state index contributed by atoms with van der Waals surface area (Å²) < 4.78 is 14.8. The Hall–Kier alpha value is -3.27. The number of aromatic nitrogens is 1. The molecule has 144 valence electrons. The van der Waals surface area contributed by atoms with E-state index < -0.39 is 10.9 Å². The van der Waals surface area contributed by atoms with Gasteiger partial charge in [-0.25, -0.2) is 9.78 Å². The number of rotatable bonds is 9. The lowest BCUT2D eigenvalue weighted by Crippen LogP contribution is -2.32. The van der Waals surface area contributed by atoms with E-state index in [1.54, 1.807) is 7.11 Å². The molecule has 0 radical (unpaired) electrons. The largest absolute Gasteiger partial charge is 0.464 e. The van der Waals surface area contributed by atoms with Crippen molar-refractivity contribution < 1.29 is 28.4 Å². The Morgan fingerprint density at radius 3 is 2.56 bits per heavy atom. The lowest BCUT2D eigenvalue weighted by molar-refractivity contribution is -0.384. The van der Waals surface area contributed by atoms with E-state index in [2.05, 4.69) is 9.72 Å². The number of nitro benzene ring substituents is 1. The average molecular weight is 377 g/mol. The highest BCUT2D eigenvalue weighted by atomic mass is 16.6. The van der Waals surface area contributed by atoms with Crippen molar-refractivity contribution in [1.29, 1.82) is 0 Å². The van der Waals surface area contributed by atoms with Crippen LogP contribution in [0.25, 0.3) is 0 Å². The van der Waals surface area contributed by atoms with Gasteiger partial charge >= 0.3 is 5.97 Å². The Bertz CT molecular complexity index is 801. The fourth-order valence-corrected chi connectivity index (χ4v) is 2.31. The number of hydrogen-bond donors (Lipinski definition) is 0. The number of nitro groups is 1. The van der Waals surface area contributed by atoms with Crippen molar-refractivity contribution in [2.45, 2.75) is 13.0 Å². The summed E-state index contributed by atoms with van der Waals surface area (Å²) in [4.78, 5) is 39.9. The summed E-state index contributed by atoms with van der Waals surface area (Å²) in [5.74, 6) is -0.820. The van der Waals surface area contributed by atoms with Gasteiger partial charge in [0.2, 0.25) is 5.89 Å². The Morgan fingerprint density at radius 1 is 1.26 bits per heavy atom. The van der Waals surface area contributed by atoms with Gasteiger partial charge in [0.05, 0.1) is 18.6 Å². The molecular formula is C17H19N3O7. The molecule has 10 nitrogen and oxygen atoms in total. The van der Waals surface area contributed by atoms with Crippen molar-refractivity contribution in [3.8, 4) is 0 Å². The van der Waals surface area contributed by atoms with Crippen LogP contribution in [0.1, 0.15) is 33.2 Å². The van der Waals surface area contributed by atoms with E-state index >= 15 is 0 Å². The zero-order valence-corrected chi connectivity index (χ0v) is 14.9. The summed E-state index contributed by atoms with van der Waals surface area (Å²) >= 11 is 0. The Balaban J connectivity index is 2.17. The Kier molecular flexibility index (Phi) is 7.00. The topological polar surface area (TPSA) is 125 Å². The molecule has 1 aromatic carbocycles. The summed E-state index contributed by atoms with van der Waals surface area (Å²) in [6.07, 6.45) is 1.73. The molecule has 0 N–H and O–H groups in total. The van der Waals surface area contributed by atoms with Crippen molar-refractivity contribution >= 4 is 17.6 Å². The molecule has 0 aliphatic heterocycles. The van der Waals surface area contributed by atoms with Crippen molar-refractivity contribution in [3.05, 3.63) is 57.8 Å². The van der Waals surface area contributed by atoms with Crippen LogP contribution in [0.4, 0.5) is 5.69 Å². The van der Waals surface area contributed by atoms with Crippen molar-refractivity contribution in [1.82, 2.24) is 9.88 Å². The molecule has 0 saturated carbocycles. The molecule has 1 aromatic heterocycles. The highest BCUT2D eigenvalue weighted by molar-refractivity contribution is 5.94. The number of carbonyl (C=O) groups excluding carboxylic acids is 2. The maximum absolute atomic E-state index is 12.8. The fourth-order valence-electron chi connectivity index (χ4n) is 2.31. The number of ether oxygens (including phenoxy) is 2. The van der Waals surface area contributed by atoms with Gasteiger partial charge in [0.15, 0.2) is 5.69 Å². The molecule has 0 aliphatic carbocycles. The molecule has 2 rings (SSSR count). The van der Waals surface area contributed by atoms with Crippen LogP contribution in [-0.4, -0.2) is 54.1 Å². The second-order valence-electron chi connectivity index (χ2n) is 5.50. The number of carbonyl (C=O) groups is 2. The molecule has 0 saturated heterocycles. The number of oxazole rings is 1. The van der Waals surface area contributed by atoms with E-state index in [1.165, 1.54) is 36.3 Å². The van der Waals surface area contributed by atoms with Crippen LogP contribution in [0.2, 0.25) is 0 Å². The van der Waals surface area contributed by atoms with E-state index in [-0.39, 0.29) is 35.3 Å². The molecule has 1 heterocycles. The summed E-state index contributed by atoms with van der Waals surface area (Å²) in [5, 5.41) is 10.8. The maximum atomic E-state index is 12.8. The SMILES string of the molecule is COCCCN(Cc1nc(C(=O)OC)co1)C(=O)c1ccc([N+](=O)[O-])cc1. The van der Waals surface area contributed by atoms with Gasteiger partial charge in [0.25, 0.3) is 11.6 Å². The molecular weight excluding hydrogens is 358 g/mol. The first-order valence-electron chi connectivity index (χ1n) is 8.01. The number of hydrogen-bond acceptors (Lipinski definition) is 8. The van der Waals surface area contributed by atoms with E-state index in [1.807, 2.05) is 0 Å². The van der Waals surface area contributed by atoms with Gasteiger partial charge in [-0.2, -0.15) is 0 Å². The van der Waals surface area contributed by atoms with Crippen molar-refractivity contribution in [2.75, 3.05) is 27.4 Å². The third-order valence-corrected chi connectivity index (χ3v) is 3.66. The summed E-state index contributed by atoms with van der Waals surface area (Å²) in [5.41, 5.74) is 0.192. The minimum atomic E-state index is -0.641. The molecule has 27 heavy (non-hydrogen) atoms. The highest BCUT2D eigenvalue weighted by Gasteiger charge is 2.20. The van der Waals surface area contributed by atoms with Crippen LogP contribution in [0.15, 0.2) is 34.9 Å². The molecule has 0 bridgehead atoms. The van der Waals surface area contributed by atoms with Crippen molar-refractivity contribution in [2.24, 2.45) is 0 Å². The van der Waals surface area contributed by atoms with Crippen molar-refractivity contribution in [3.63, 3.8) is 0 Å². The van der Waals surface area contributed by atoms with Crippen LogP contribution in [0, 0.1) is 10.1 Å². The summed E-state index contributed by atoms with van der Waals surface area (Å²) in [6.45, 7) is 0.819. The first-order chi connectivity index (χ1) is 13.0. The zero-order chi connectivity index (χ0) is 19.8. The molecule has 0 aliphatic rings. The summed E-state index contributed by atoms with van der Waals surface area (Å²) in [6, 6.07) is 5.31. The minimum absolute atomic E-state index is 0.00660. The average Bonchev–Trinajstić information content (AvgIpc) is 3.15. The Labute approximate surface area is 154 Å². The van der Waals surface area contributed by atoms with Crippen LogP contribution in [-0.2, 0) is 16.0 Å². The second kappa shape index (κ2) is 9.43. The Morgan fingerprint density at radius 2 is 1.96 bits per heavy atom. The van der Waals surface area contributed by atoms with Crippen LogP contribution >= 0.6 is 0 Å². The smallest absolute Gasteiger partial charge is 0.360 e. The van der Waals surface area contributed by atoms with Crippen LogP contribution in [0.5, 0.6) is 0 Å². The lowest BCUT2D eigenvalue weighted by Gasteiger charge is -2.21. The monoisotopic (exact) mass is 377 g/mol. The highest BCUT2D eigenvalue weighted by Crippen LogP contribution is 2.16. The first-order valence-corrected chi connectivity index (χ1v) is 8.01. The lowest BCUT2D eigenvalue weighted by atomic mass is 10.1. The fraction of sp³-hybridized carbons (Fsp3) is 0.353. The van der Waals surface area contributed by atoms with Gasteiger partial charge in [0, 0.05) is 38.0 Å². The number of non-ortho nitro benzene ring substituents is 1. The van der Waals surface area contributed by atoms with E-state index in [0.717, 1.165) is 6.26 Å². The second-order valence-corrected chi connectivity index (χ2v) is 5.50. The predicted molar refractivity (Wildman–Crippen MR) is 92.2 cm³/mol. The van der Waals surface area contributed by atoms with Gasteiger partial charge in [0.1, 0.15) is 6.26 Å². The third kappa shape index (κ3) is 5.35. The maximum Gasteiger partial charge on any atom is 0.360 e. The number of amides is 1. The molecule has 0 unspecified atom stereocenters. The summed E-state index contributed by atoms with van der Waals surface area (Å²) in [7, 11) is 2.78. The zero-order valence-electron chi connectivity index (χ0n) is 14.9. The number of nitrogens with zero attached hydrogens (tertiary/aromatic N) is 3. The number of esters is 1. The molecule has 1 amide bonds. The van der Waals surface area contributed by atoms with Gasteiger partial charge < -0.3 is 18.8 Å². The quantitative estimate of drug-likeness (QED) is 0.281. The predicted octanol–water partition coefficient (Wildman–Crippen LogP) is 2.05. The molecule has 0 spiro atoms. The van der Waals surface area contributed by atoms with E-state index in [9.17, 15) is 19.7 Å². The third-order valence-electron chi connectivity index (χ3n) is 3.66. The van der Waals surface area contributed by atoms with E-state index in [0.29, 0.717) is 19.6 Å². The first kappa shape index (κ1) is 20.0. The van der Waals surface area contributed by atoms with Gasteiger partial charge in [-0.1, -0.05) is 0 Å². The molecule has 0 atom stereocenters. The minimum Gasteiger partial charge on any atom is -0.464 e. The van der Waals surface area contributed by atoms with Crippen LogP contribution < -0.4 is 0 Å². The van der Waals surface area contributed by atoms with E-state index in [4.69, 9.17) is 9.15 Å². The van der Waals surface area contributed by atoms with Gasteiger partial charge in [-0.15, -0.1) is 0 Å². The number of benzene rings is 1. The number of methoxy groups -OCH3 is 2.